The summed E-state index contributed by atoms with van der Waals surface area (Å²) < 4.78 is 38.2. The molecule has 0 aliphatic carbocycles. The van der Waals surface area contributed by atoms with Crippen LogP contribution in [0.1, 0.15) is 90.9 Å². The van der Waals surface area contributed by atoms with Gasteiger partial charge in [-0.2, -0.15) is 0 Å². The third-order valence-corrected chi connectivity index (χ3v) is 6.29. The van der Waals surface area contributed by atoms with E-state index in [1.54, 1.807) is 14.1 Å². The van der Waals surface area contributed by atoms with Crippen molar-refractivity contribution in [3.63, 3.8) is 0 Å². The van der Waals surface area contributed by atoms with Crippen LogP contribution in [0, 0.1) is 0 Å². The van der Waals surface area contributed by atoms with Crippen molar-refractivity contribution in [2.45, 2.75) is 103 Å². The predicted molar refractivity (Wildman–Crippen MR) is 119 cm³/mol. The first-order chi connectivity index (χ1) is 14.0. The van der Waals surface area contributed by atoms with Crippen molar-refractivity contribution >= 4 is 16.1 Å². The number of carbonyl (C=O) groups is 1. The molecule has 0 fully saturated rings. The van der Waals surface area contributed by atoms with E-state index in [4.69, 9.17) is 4.74 Å². The van der Waals surface area contributed by atoms with Crippen molar-refractivity contribution in [2.24, 2.45) is 0 Å². The Labute approximate surface area is 184 Å². The van der Waals surface area contributed by atoms with E-state index in [0.29, 0.717) is 13.0 Å². The summed E-state index contributed by atoms with van der Waals surface area (Å²) in [4.78, 5) is 12.6. The lowest BCUT2D eigenvalue weighted by Gasteiger charge is -2.38. The highest BCUT2D eigenvalue weighted by Gasteiger charge is 2.37. The topological polar surface area (TPSA) is 104 Å². The predicted octanol–water partition coefficient (Wildman–Crippen LogP) is 3.60. The van der Waals surface area contributed by atoms with Gasteiger partial charge in [-0.15, -0.1) is 0 Å². The molecule has 0 radical (unpaired) electrons. The molecule has 0 saturated carbocycles. The molecule has 2 unspecified atom stereocenters. The molecule has 7 nitrogen and oxygen atoms in total. The number of aliphatic hydroxyl groups excluding tert-OH is 1. The number of rotatable bonds is 19. The number of esters is 1. The Morgan fingerprint density at radius 2 is 1.43 bits per heavy atom. The fourth-order valence-electron chi connectivity index (χ4n) is 3.84. The highest BCUT2D eigenvalue weighted by Crippen LogP contribution is 2.17. The summed E-state index contributed by atoms with van der Waals surface area (Å²) in [5.41, 5.74) is 0. The standard InChI is InChI=1S/C22H45NO6S/c1-5-7-8-9-10-11-12-13-14-15-17-29-22(25)21(16-6-2)23(3,4)18-20(24)19-30(26,27)28/h20-21,24H,5-19H2,1-4H3. The van der Waals surface area contributed by atoms with Crippen LogP contribution in [0.15, 0.2) is 0 Å². The number of hydrogen-bond acceptors (Lipinski definition) is 6. The summed E-state index contributed by atoms with van der Waals surface area (Å²) in [5, 5.41) is 9.95. The van der Waals surface area contributed by atoms with E-state index < -0.39 is 28.0 Å². The van der Waals surface area contributed by atoms with Crippen molar-refractivity contribution in [1.29, 1.82) is 0 Å². The molecule has 0 spiro atoms. The second-order valence-corrected chi connectivity index (χ2v) is 10.4. The van der Waals surface area contributed by atoms with Crippen LogP contribution in [0.3, 0.4) is 0 Å². The van der Waals surface area contributed by atoms with Crippen LogP contribution in [0.25, 0.3) is 0 Å². The molecule has 0 rings (SSSR count). The summed E-state index contributed by atoms with van der Waals surface area (Å²) in [7, 11) is -1.01. The highest BCUT2D eigenvalue weighted by molar-refractivity contribution is 7.85. The fraction of sp³-hybridized carbons (Fsp3) is 0.955. The van der Waals surface area contributed by atoms with Gasteiger partial charge in [-0.1, -0.05) is 71.6 Å². The van der Waals surface area contributed by atoms with Gasteiger partial charge in [0.05, 0.1) is 36.6 Å². The summed E-state index contributed by atoms with van der Waals surface area (Å²) in [6.07, 6.45) is 12.1. The molecule has 180 valence electrons. The lowest BCUT2D eigenvalue weighted by molar-refractivity contribution is -0.909. The van der Waals surface area contributed by atoms with E-state index in [1.807, 2.05) is 6.92 Å². The zero-order chi connectivity index (χ0) is 23.0. The lowest BCUT2D eigenvalue weighted by Crippen LogP contribution is -2.57. The van der Waals surface area contributed by atoms with Crippen LogP contribution < -0.4 is 0 Å². The molecule has 1 N–H and O–H groups in total. The number of hydrogen-bond donors (Lipinski definition) is 1. The van der Waals surface area contributed by atoms with E-state index in [9.17, 15) is 22.9 Å². The number of carbonyl (C=O) groups excluding carboxylic acids is 1. The zero-order valence-electron chi connectivity index (χ0n) is 19.6. The van der Waals surface area contributed by atoms with E-state index in [2.05, 4.69) is 6.92 Å². The van der Waals surface area contributed by atoms with Crippen molar-refractivity contribution < 1.29 is 32.1 Å². The molecule has 0 bridgehead atoms. The monoisotopic (exact) mass is 451 g/mol. The van der Waals surface area contributed by atoms with Crippen LogP contribution in [0.4, 0.5) is 0 Å². The maximum absolute atomic E-state index is 12.6. The molecule has 0 saturated heterocycles. The van der Waals surface area contributed by atoms with Gasteiger partial charge in [0.15, 0.2) is 6.04 Å². The number of unbranched alkanes of at least 4 members (excludes halogenated alkanes) is 9. The summed E-state index contributed by atoms with van der Waals surface area (Å²) >= 11 is 0. The van der Waals surface area contributed by atoms with Crippen LogP contribution in [0.2, 0.25) is 0 Å². The summed E-state index contributed by atoms with van der Waals surface area (Å²) in [6.45, 7) is 4.57. The second kappa shape index (κ2) is 16.0. The second-order valence-electron chi connectivity index (χ2n) is 8.99. The van der Waals surface area contributed by atoms with Gasteiger partial charge in [-0.25, -0.2) is 13.2 Å². The maximum Gasteiger partial charge on any atom is 0.364 e. The molecule has 30 heavy (non-hydrogen) atoms. The number of likely N-dealkylation sites (N-methyl/N-ethyl adjacent to an activating group) is 1. The van der Waals surface area contributed by atoms with Crippen LogP contribution in [-0.2, 0) is 19.6 Å². The molecule has 8 heteroatoms. The minimum atomic E-state index is -4.51. The van der Waals surface area contributed by atoms with E-state index >= 15 is 0 Å². The first-order valence-electron chi connectivity index (χ1n) is 11.6. The number of nitrogens with zero attached hydrogens (tertiary/aromatic N) is 1. The van der Waals surface area contributed by atoms with E-state index in [1.165, 1.54) is 44.9 Å². The Bertz CT molecular complexity index is 550. The Morgan fingerprint density at radius 1 is 0.933 bits per heavy atom. The van der Waals surface area contributed by atoms with Crippen molar-refractivity contribution in [3.8, 4) is 0 Å². The molecule has 0 aliphatic heterocycles. The van der Waals surface area contributed by atoms with Gasteiger partial charge >= 0.3 is 5.97 Å². The lowest BCUT2D eigenvalue weighted by atomic mass is 10.1. The number of ether oxygens (including phenoxy) is 1. The number of quaternary nitrogens is 1. The molecule has 0 aromatic heterocycles. The van der Waals surface area contributed by atoms with E-state index in [-0.39, 0.29) is 17.0 Å². The van der Waals surface area contributed by atoms with Gasteiger partial charge in [-0.05, 0) is 12.8 Å². The third kappa shape index (κ3) is 15.2. The van der Waals surface area contributed by atoms with Crippen molar-refractivity contribution in [1.82, 2.24) is 0 Å². The smallest absolute Gasteiger partial charge is 0.364 e. The quantitative estimate of drug-likeness (QED) is 0.139. The van der Waals surface area contributed by atoms with Gasteiger partial charge < -0.3 is 18.9 Å². The molecule has 2 atom stereocenters. The van der Waals surface area contributed by atoms with Crippen LogP contribution in [-0.4, -0.2) is 73.7 Å². The molecule has 0 aliphatic rings. The van der Waals surface area contributed by atoms with Crippen molar-refractivity contribution in [3.05, 3.63) is 0 Å². The minimum Gasteiger partial charge on any atom is -0.748 e. The Balaban J connectivity index is 4.23. The summed E-state index contributed by atoms with van der Waals surface area (Å²) in [6, 6.07) is -0.498. The SMILES string of the molecule is CCCCCCCCCCCCOC(=O)C(CCC)[N+](C)(C)CC(O)CS(=O)(=O)[O-]. The van der Waals surface area contributed by atoms with Gasteiger partial charge in [0, 0.05) is 6.42 Å². The van der Waals surface area contributed by atoms with Gasteiger partial charge in [-0.3, -0.25) is 0 Å². The van der Waals surface area contributed by atoms with Crippen LogP contribution >= 0.6 is 0 Å². The molecular weight excluding hydrogens is 406 g/mol. The van der Waals surface area contributed by atoms with Gasteiger partial charge in [0.2, 0.25) is 0 Å². The Kier molecular flexibility index (Phi) is 15.6. The van der Waals surface area contributed by atoms with Gasteiger partial charge in [0.25, 0.3) is 0 Å². The minimum absolute atomic E-state index is 0.000503. The summed E-state index contributed by atoms with van der Waals surface area (Å²) in [5.74, 6) is -1.17. The third-order valence-electron chi connectivity index (χ3n) is 5.50. The molecule has 0 aromatic rings. The molecule has 0 aromatic carbocycles. The normalized spacial score (nSPS) is 14.5. The zero-order valence-corrected chi connectivity index (χ0v) is 20.4. The molecular formula is C22H45NO6S. The average molecular weight is 452 g/mol. The maximum atomic E-state index is 12.6. The Morgan fingerprint density at radius 3 is 1.90 bits per heavy atom. The van der Waals surface area contributed by atoms with E-state index in [0.717, 1.165) is 25.7 Å². The molecule has 0 heterocycles. The van der Waals surface area contributed by atoms with Crippen molar-refractivity contribution in [2.75, 3.05) is 33.0 Å². The fourth-order valence-corrected chi connectivity index (χ4v) is 4.42. The first-order valence-corrected chi connectivity index (χ1v) is 13.2. The average Bonchev–Trinajstić information content (AvgIpc) is 2.61. The number of aliphatic hydroxyl groups is 1. The van der Waals surface area contributed by atoms with Crippen LogP contribution in [0.5, 0.6) is 0 Å². The highest BCUT2D eigenvalue weighted by atomic mass is 32.2. The first kappa shape index (κ1) is 29.3. The Hall–Kier alpha value is -0.700. The van der Waals surface area contributed by atoms with Gasteiger partial charge in [0.1, 0.15) is 12.6 Å². The molecule has 0 amide bonds. The largest absolute Gasteiger partial charge is 0.748 e.